The van der Waals surface area contributed by atoms with Crippen LogP contribution in [-0.4, -0.2) is 62.0 Å². The average molecular weight is 414 g/mol. The maximum atomic E-state index is 14.6. The minimum absolute atomic E-state index is 0.160. The minimum Gasteiger partial charge on any atom is -0.331 e. The molecule has 0 saturated heterocycles. The Morgan fingerprint density at radius 1 is 1.07 bits per heavy atom. The molecule has 2 aromatic carbocycles. The van der Waals surface area contributed by atoms with Crippen LogP contribution in [0.3, 0.4) is 0 Å². The number of benzene rings is 2. The second-order valence-corrected chi connectivity index (χ2v) is 8.25. The van der Waals surface area contributed by atoms with Crippen molar-refractivity contribution in [2.45, 2.75) is 18.4 Å². The number of nitrogens with zero attached hydrogens (tertiary/aromatic N) is 3. The van der Waals surface area contributed by atoms with Crippen molar-refractivity contribution in [3.8, 4) is 0 Å². The highest BCUT2D eigenvalue weighted by molar-refractivity contribution is 5.83. The SMILES string of the molecule is CN(C)CCCC1(c2ccccc2)C=C(c2cc(F)ccc2F)CN1C(=O)N(C)C. The van der Waals surface area contributed by atoms with Crippen LogP contribution in [0.15, 0.2) is 54.6 Å². The molecule has 0 bridgehead atoms. The van der Waals surface area contributed by atoms with Gasteiger partial charge < -0.3 is 14.7 Å². The highest BCUT2D eigenvalue weighted by atomic mass is 19.1. The van der Waals surface area contributed by atoms with Crippen LogP contribution < -0.4 is 0 Å². The number of halogens is 2. The Bertz CT molecular complexity index is 927. The van der Waals surface area contributed by atoms with E-state index < -0.39 is 17.2 Å². The zero-order chi connectivity index (χ0) is 21.9. The molecule has 0 radical (unpaired) electrons. The molecule has 0 N–H and O–H groups in total. The van der Waals surface area contributed by atoms with Crippen molar-refractivity contribution >= 4 is 11.6 Å². The summed E-state index contributed by atoms with van der Waals surface area (Å²) >= 11 is 0. The molecule has 1 heterocycles. The second kappa shape index (κ2) is 8.96. The molecule has 2 amide bonds. The summed E-state index contributed by atoms with van der Waals surface area (Å²) in [6.45, 7) is 1.07. The maximum Gasteiger partial charge on any atom is 0.320 e. The van der Waals surface area contributed by atoms with Gasteiger partial charge in [-0.05, 0) is 68.9 Å². The molecule has 2 aromatic rings. The van der Waals surface area contributed by atoms with Gasteiger partial charge in [-0.25, -0.2) is 13.6 Å². The van der Waals surface area contributed by atoms with E-state index in [0.717, 1.165) is 30.7 Å². The lowest BCUT2D eigenvalue weighted by molar-refractivity contribution is 0.128. The third kappa shape index (κ3) is 4.38. The molecule has 0 spiro atoms. The summed E-state index contributed by atoms with van der Waals surface area (Å²) in [5.74, 6) is -0.986. The normalized spacial score (nSPS) is 18.6. The molecule has 0 aromatic heterocycles. The Hall–Kier alpha value is -2.73. The number of urea groups is 1. The summed E-state index contributed by atoms with van der Waals surface area (Å²) in [6, 6.07) is 13.1. The largest absolute Gasteiger partial charge is 0.331 e. The van der Waals surface area contributed by atoms with Crippen molar-refractivity contribution in [3.63, 3.8) is 0 Å². The molecule has 1 unspecified atom stereocenters. The topological polar surface area (TPSA) is 26.8 Å². The molecule has 30 heavy (non-hydrogen) atoms. The van der Waals surface area contributed by atoms with E-state index in [4.69, 9.17) is 0 Å². The van der Waals surface area contributed by atoms with E-state index in [1.54, 1.807) is 19.0 Å². The predicted molar refractivity (Wildman–Crippen MR) is 116 cm³/mol. The summed E-state index contributed by atoms with van der Waals surface area (Å²) in [5, 5.41) is 0. The Balaban J connectivity index is 2.15. The van der Waals surface area contributed by atoms with Gasteiger partial charge in [-0.15, -0.1) is 0 Å². The van der Waals surface area contributed by atoms with E-state index >= 15 is 0 Å². The molecule has 1 aliphatic rings. The van der Waals surface area contributed by atoms with Gasteiger partial charge in [-0.2, -0.15) is 0 Å². The summed E-state index contributed by atoms with van der Waals surface area (Å²) in [6.07, 6.45) is 3.47. The number of carbonyl (C=O) groups excluding carboxylic acids is 1. The van der Waals surface area contributed by atoms with E-state index in [1.807, 2.05) is 50.5 Å². The van der Waals surface area contributed by atoms with E-state index in [-0.39, 0.29) is 18.1 Å². The smallest absolute Gasteiger partial charge is 0.320 e. The number of amides is 2. The third-order valence-electron chi connectivity index (χ3n) is 5.55. The Morgan fingerprint density at radius 2 is 1.77 bits per heavy atom. The molecule has 6 heteroatoms. The van der Waals surface area contributed by atoms with Gasteiger partial charge in [0.25, 0.3) is 0 Å². The first-order valence-corrected chi connectivity index (χ1v) is 10.1. The number of hydrogen-bond donors (Lipinski definition) is 0. The fourth-order valence-electron chi connectivity index (χ4n) is 4.09. The van der Waals surface area contributed by atoms with Crippen LogP contribution in [0.25, 0.3) is 5.57 Å². The molecular formula is C24H29F2N3O. The van der Waals surface area contributed by atoms with Crippen LogP contribution in [0, 0.1) is 11.6 Å². The van der Waals surface area contributed by atoms with Crippen molar-refractivity contribution in [1.82, 2.24) is 14.7 Å². The monoisotopic (exact) mass is 413 g/mol. The van der Waals surface area contributed by atoms with Gasteiger partial charge in [-0.1, -0.05) is 30.3 Å². The molecule has 4 nitrogen and oxygen atoms in total. The van der Waals surface area contributed by atoms with Crippen molar-refractivity contribution in [2.75, 3.05) is 41.3 Å². The highest BCUT2D eigenvalue weighted by Gasteiger charge is 2.45. The molecule has 1 aliphatic heterocycles. The average Bonchev–Trinajstić information content (AvgIpc) is 3.10. The highest BCUT2D eigenvalue weighted by Crippen LogP contribution is 2.44. The minimum atomic E-state index is -0.729. The van der Waals surface area contributed by atoms with E-state index in [1.165, 1.54) is 11.0 Å². The van der Waals surface area contributed by atoms with Crippen LogP contribution >= 0.6 is 0 Å². The van der Waals surface area contributed by atoms with Crippen LogP contribution in [0.5, 0.6) is 0 Å². The lowest BCUT2D eigenvalue weighted by Crippen LogP contribution is -2.49. The molecule has 0 saturated carbocycles. The summed E-state index contributed by atoms with van der Waals surface area (Å²) < 4.78 is 28.5. The number of rotatable bonds is 6. The van der Waals surface area contributed by atoms with Gasteiger partial charge >= 0.3 is 6.03 Å². The molecule has 0 fully saturated rings. The lowest BCUT2D eigenvalue weighted by Gasteiger charge is -2.40. The summed E-state index contributed by atoms with van der Waals surface area (Å²) in [4.78, 5) is 18.6. The Labute approximate surface area is 177 Å². The van der Waals surface area contributed by atoms with Crippen LogP contribution in [0.2, 0.25) is 0 Å². The molecule has 160 valence electrons. The van der Waals surface area contributed by atoms with Gasteiger partial charge in [0, 0.05) is 26.2 Å². The molecule has 1 atom stereocenters. The maximum absolute atomic E-state index is 14.6. The van der Waals surface area contributed by atoms with Gasteiger partial charge in [0.15, 0.2) is 0 Å². The van der Waals surface area contributed by atoms with Crippen molar-refractivity contribution < 1.29 is 13.6 Å². The first-order chi connectivity index (χ1) is 14.2. The summed E-state index contributed by atoms with van der Waals surface area (Å²) in [5.41, 5.74) is 1.06. The number of carbonyl (C=O) groups is 1. The van der Waals surface area contributed by atoms with E-state index in [9.17, 15) is 13.6 Å². The van der Waals surface area contributed by atoms with Crippen LogP contribution in [0.4, 0.5) is 13.6 Å². The predicted octanol–water partition coefficient (Wildman–Crippen LogP) is 4.58. The van der Waals surface area contributed by atoms with E-state index in [2.05, 4.69) is 4.90 Å². The zero-order valence-corrected chi connectivity index (χ0v) is 18.0. The molecular weight excluding hydrogens is 384 g/mol. The third-order valence-corrected chi connectivity index (χ3v) is 5.55. The van der Waals surface area contributed by atoms with Crippen molar-refractivity contribution in [1.29, 1.82) is 0 Å². The van der Waals surface area contributed by atoms with Crippen LogP contribution in [-0.2, 0) is 5.54 Å². The quantitative estimate of drug-likeness (QED) is 0.693. The number of hydrogen-bond acceptors (Lipinski definition) is 2. The fraction of sp³-hybridized carbons (Fsp3) is 0.375. The summed E-state index contributed by atoms with van der Waals surface area (Å²) in [7, 11) is 7.43. The lowest BCUT2D eigenvalue weighted by atomic mass is 9.84. The van der Waals surface area contributed by atoms with Gasteiger partial charge in [0.05, 0.1) is 5.54 Å². The first-order valence-electron chi connectivity index (χ1n) is 10.1. The van der Waals surface area contributed by atoms with Crippen molar-refractivity contribution in [3.05, 3.63) is 77.4 Å². The standard InChI is InChI=1S/C24H29F2N3O/c1-27(2)14-8-13-24(19-9-6-5-7-10-19)16-18(17-29(24)23(30)28(3)4)21-15-20(25)11-12-22(21)26/h5-7,9-12,15-16H,8,13-14,17H2,1-4H3. The van der Waals surface area contributed by atoms with Crippen molar-refractivity contribution in [2.24, 2.45) is 0 Å². The van der Waals surface area contributed by atoms with Gasteiger partial charge in [-0.3, -0.25) is 0 Å². The zero-order valence-electron chi connectivity index (χ0n) is 18.0. The van der Waals surface area contributed by atoms with Gasteiger partial charge in [0.2, 0.25) is 0 Å². The second-order valence-electron chi connectivity index (χ2n) is 8.25. The Morgan fingerprint density at radius 3 is 2.40 bits per heavy atom. The van der Waals surface area contributed by atoms with Crippen LogP contribution in [0.1, 0.15) is 24.0 Å². The van der Waals surface area contributed by atoms with E-state index in [0.29, 0.717) is 12.0 Å². The van der Waals surface area contributed by atoms with Gasteiger partial charge in [0.1, 0.15) is 11.6 Å². The fourth-order valence-corrected chi connectivity index (χ4v) is 4.09. The Kier molecular flexibility index (Phi) is 6.56. The first kappa shape index (κ1) is 22.0. The molecule has 0 aliphatic carbocycles. The molecule has 3 rings (SSSR count).